The van der Waals surface area contributed by atoms with E-state index in [1.165, 1.54) is 7.11 Å². The molecule has 0 atom stereocenters. The molecule has 2 aliphatic rings. The maximum Gasteiger partial charge on any atom is 0.330 e. The molecule has 0 unspecified atom stereocenters. The second-order valence-electron chi connectivity index (χ2n) is 6.13. The lowest BCUT2D eigenvalue weighted by Crippen LogP contribution is -2.36. The fraction of sp³-hybridized carbons (Fsp3) is 0.471. The highest BCUT2D eigenvalue weighted by Crippen LogP contribution is 2.36. The highest BCUT2D eigenvalue weighted by Gasteiger charge is 2.22. The smallest absolute Gasteiger partial charge is 0.330 e. The number of aliphatic hydroxyl groups excluding tert-OH is 1. The quantitative estimate of drug-likeness (QED) is 0.852. The van der Waals surface area contributed by atoms with Crippen LogP contribution in [0.25, 0.3) is 0 Å². The first-order valence-electron chi connectivity index (χ1n) is 8.48. The summed E-state index contributed by atoms with van der Waals surface area (Å²) in [6, 6.07) is 5.60. The zero-order chi connectivity index (χ0) is 17.9. The largest absolute Gasteiger partial charge is 0.467 e. The Morgan fingerprint density at radius 3 is 2.65 bits per heavy atom. The third-order valence-electron chi connectivity index (χ3n) is 4.47. The first kappa shape index (κ1) is 16.6. The van der Waals surface area contributed by atoms with E-state index in [1.54, 1.807) is 18.2 Å². The number of hydrogen-bond donors (Lipinski definition) is 1. The number of nitrogens with zero attached hydrogens (tertiary/aromatic N) is 4. The van der Waals surface area contributed by atoms with Crippen molar-refractivity contribution in [2.45, 2.75) is 12.8 Å². The molecule has 4 rings (SSSR count). The van der Waals surface area contributed by atoms with Crippen molar-refractivity contribution >= 4 is 5.95 Å². The topological polar surface area (TPSA) is 99.1 Å². The first-order valence-corrected chi connectivity index (χ1v) is 8.48. The number of fused-ring (bicyclic) bond motifs is 1. The molecule has 26 heavy (non-hydrogen) atoms. The Morgan fingerprint density at radius 1 is 1.12 bits per heavy atom. The van der Waals surface area contributed by atoms with Gasteiger partial charge in [-0.05, 0) is 30.9 Å². The SMILES string of the molecule is COc1nc(Oc2ccc3c(c2)OCO3)nc(N2CCC(CO)CC2)n1. The van der Waals surface area contributed by atoms with Crippen LogP contribution < -0.4 is 23.8 Å². The minimum Gasteiger partial charge on any atom is -0.467 e. The summed E-state index contributed by atoms with van der Waals surface area (Å²) in [6.07, 6.45) is 1.78. The Labute approximate surface area is 150 Å². The molecule has 3 heterocycles. The number of benzene rings is 1. The van der Waals surface area contributed by atoms with Crippen LogP contribution in [0.3, 0.4) is 0 Å². The second-order valence-corrected chi connectivity index (χ2v) is 6.13. The summed E-state index contributed by atoms with van der Waals surface area (Å²) < 4.78 is 21.6. The van der Waals surface area contributed by atoms with Crippen LogP contribution in [0.1, 0.15) is 12.8 Å². The number of anilines is 1. The van der Waals surface area contributed by atoms with Gasteiger partial charge in [0.05, 0.1) is 7.11 Å². The van der Waals surface area contributed by atoms with Crippen LogP contribution in [0.5, 0.6) is 29.3 Å². The van der Waals surface area contributed by atoms with Gasteiger partial charge in [0, 0.05) is 25.8 Å². The highest BCUT2D eigenvalue weighted by atomic mass is 16.7. The summed E-state index contributed by atoms with van der Waals surface area (Å²) in [7, 11) is 1.50. The number of piperidine rings is 1. The molecule has 0 saturated carbocycles. The lowest BCUT2D eigenvalue weighted by Gasteiger charge is -2.31. The lowest BCUT2D eigenvalue weighted by atomic mass is 9.98. The Morgan fingerprint density at radius 2 is 1.88 bits per heavy atom. The Hall–Kier alpha value is -2.81. The number of ether oxygens (including phenoxy) is 4. The molecule has 1 saturated heterocycles. The van der Waals surface area contributed by atoms with Gasteiger partial charge >= 0.3 is 12.0 Å². The van der Waals surface area contributed by atoms with Gasteiger partial charge in [-0.2, -0.15) is 9.97 Å². The van der Waals surface area contributed by atoms with E-state index in [9.17, 15) is 5.11 Å². The maximum absolute atomic E-state index is 9.29. The van der Waals surface area contributed by atoms with Crippen molar-refractivity contribution < 1.29 is 24.1 Å². The molecule has 1 N–H and O–H groups in total. The van der Waals surface area contributed by atoms with Gasteiger partial charge in [0.25, 0.3) is 0 Å². The molecule has 2 aromatic rings. The Bertz CT molecular complexity index is 780. The average Bonchev–Trinajstić information content (AvgIpc) is 3.15. The Kier molecular flexibility index (Phi) is 4.61. The number of aliphatic hydroxyl groups is 1. The van der Waals surface area contributed by atoms with Gasteiger partial charge in [0.1, 0.15) is 5.75 Å². The molecule has 138 valence electrons. The van der Waals surface area contributed by atoms with Gasteiger partial charge in [-0.15, -0.1) is 4.98 Å². The fourth-order valence-corrected chi connectivity index (χ4v) is 2.97. The van der Waals surface area contributed by atoms with Crippen molar-refractivity contribution in [1.29, 1.82) is 0 Å². The summed E-state index contributed by atoms with van der Waals surface area (Å²) in [5.74, 6) is 2.67. The van der Waals surface area contributed by atoms with Crippen LogP contribution in [-0.2, 0) is 0 Å². The van der Waals surface area contributed by atoms with E-state index < -0.39 is 0 Å². The molecule has 0 bridgehead atoms. The van der Waals surface area contributed by atoms with Gasteiger partial charge in [0.2, 0.25) is 12.7 Å². The van der Waals surface area contributed by atoms with Crippen LogP contribution in [0.2, 0.25) is 0 Å². The summed E-state index contributed by atoms with van der Waals surface area (Å²) in [5.41, 5.74) is 0. The molecule has 9 nitrogen and oxygen atoms in total. The highest BCUT2D eigenvalue weighted by molar-refractivity contribution is 5.47. The molecule has 0 spiro atoms. The summed E-state index contributed by atoms with van der Waals surface area (Å²) in [4.78, 5) is 14.9. The van der Waals surface area contributed by atoms with Crippen LogP contribution in [-0.4, -0.2) is 53.7 Å². The molecule has 0 aliphatic carbocycles. The first-order chi connectivity index (χ1) is 12.7. The van der Waals surface area contributed by atoms with Crippen molar-refractivity contribution in [2.24, 2.45) is 5.92 Å². The maximum atomic E-state index is 9.29. The van der Waals surface area contributed by atoms with Gasteiger partial charge in [-0.1, -0.05) is 0 Å². The molecular formula is C17H20N4O5. The summed E-state index contributed by atoms with van der Waals surface area (Å²) in [6.45, 7) is 1.95. The minimum atomic E-state index is 0.148. The fourth-order valence-electron chi connectivity index (χ4n) is 2.97. The van der Waals surface area contributed by atoms with Crippen molar-refractivity contribution in [3.63, 3.8) is 0 Å². The number of hydrogen-bond acceptors (Lipinski definition) is 9. The Balaban J connectivity index is 1.54. The summed E-state index contributed by atoms with van der Waals surface area (Å²) >= 11 is 0. The predicted molar refractivity (Wildman–Crippen MR) is 91.0 cm³/mol. The third-order valence-corrected chi connectivity index (χ3v) is 4.47. The van der Waals surface area contributed by atoms with Gasteiger partial charge in [-0.3, -0.25) is 0 Å². The van der Waals surface area contributed by atoms with E-state index in [0.29, 0.717) is 29.1 Å². The minimum absolute atomic E-state index is 0.148. The van der Waals surface area contributed by atoms with Gasteiger partial charge in [-0.25, -0.2) is 0 Å². The van der Waals surface area contributed by atoms with Crippen LogP contribution >= 0.6 is 0 Å². The standard InChI is InChI=1S/C17H20N4O5/c1-23-16-18-15(21-6-4-11(9-22)5-7-21)19-17(20-16)26-12-2-3-13-14(8-12)25-10-24-13/h2-3,8,11,22H,4-7,9-10H2,1H3. The second kappa shape index (κ2) is 7.20. The average molecular weight is 360 g/mol. The summed E-state index contributed by atoms with van der Waals surface area (Å²) in [5, 5.41) is 9.29. The van der Waals surface area contributed by atoms with Crippen LogP contribution in [0.4, 0.5) is 5.95 Å². The van der Waals surface area contributed by atoms with Crippen LogP contribution in [0, 0.1) is 5.92 Å². The van der Waals surface area contributed by atoms with E-state index in [-0.39, 0.29) is 25.4 Å². The number of rotatable bonds is 5. The molecule has 2 aliphatic heterocycles. The van der Waals surface area contributed by atoms with E-state index in [0.717, 1.165) is 25.9 Å². The number of aromatic nitrogens is 3. The zero-order valence-corrected chi connectivity index (χ0v) is 14.4. The predicted octanol–water partition coefficient (Wildman–Crippen LogP) is 1.61. The zero-order valence-electron chi connectivity index (χ0n) is 14.4. The third kappa shape index (κ3) is 3.43. The van der Waals surface area contributed by atoms with Crippen molar-refractivity contribution in [2.75, 3.05) is 38.5 Å². The molecule has 1 aromatic carbocycles. The number of methoxy groups -OCH3 is 1. The normalized spacial score (nSPS) is 16.6. The molecule has 0 radical (unpaired) electrons. The van der Waals surface area contributed by atoms with E-state index in [1.807, 2.05) is 4.90 Å². The van der Waals surface area contributed by atoms with E-state index >= 15 is 0 Å². The molecule has 0 amide bonds. The molecule has 1 fully saturated rings. The van der Waals surface area contributed by atoms with Crippen molar-refractivity contribution in [3.05, 3.63) is 18.2 Å². The van der Waals surface area contributed by atoms with E-state index in [2.05, 4.69) is 15.0 Å². The lowest BCUT2D eigenvalue weighted by molar-refractivity contribution is 0.174. The molecule has 1 aromatic heterocycles. The molecule has 9 heteroatoms. The van der Waals surface area contributed by atoms with Crippen molar-refractivity contribution in [1.82, 2.24) is 15.0 Å². The van der Waals surface area contributed by atoms with E-state index in [4.69, 9.17) is 18.9 Å². The van der Waals surface area contributed by atoms with Crippen LogP contribution in [0.15, 0.2) is 18.2 Å². The van der Waals surface area contributed by atoms with Gasteiger partial charge < -0.3 is 29.0 Å². The monoisotopic (exact) mass is 360 g/mol. The van der Waals surface area contributed by atoms with Gasteiger partial charge in [0.15, 0.2) is 11.5 Å². The molecular weight excluding hydrogens is 340 g/mol. The van der Waals surface area contributed by atoms with Crippen molar-refractivity contribution in [3.8, 4) is 29.3 Å².